The third kappa shape index (κ3) is 1.67. The molecule has 0 N–H and O–H groups in total. The van der Waals surface area contributed by atoms with E-state index < -0.39 is 0 Å². The number of fused-ring (bicyclic) bond motifs is 2. The Bertz CT molecular complexity index is 398. The van der Waals surface area contributed by atoms with Crippen LogP contribution >= 0.6 is 0 Å². The fraction of sp³-hybridized carbons (Fsp3) is 0.500. The molecule has 3 atom stereocenters. The first-order chi connectivity index (χ1) is 7.84. The van der Waals surface area contributed by atoms with Gasteiger partial charge >= 0.3 is 0 Å². The molecule has 2 heterocycles. The first-order valence-electron chi connectivity index (χ1n) is 6.04. The molecule has 2 nitrogen and oxygen atoms in total. The molecule has 0 aromatic carbocycles. The molecule has 0 unspecified atom stereocenters. The molecule has 1 aliphatic heterocycles. The second kappa shape index (κ2) is 4.02. The Morgan fingerprint density at radius 2 is 2.31 bits per heavy atom. The van der Waals surface area contributed by atoms with Crippen molar-refractivity contribution in [2.24, 2.45) is 11.8 Å². The monoisotopic (exact) mass is 215 g/mol. The molecule has 0 saturated carbocycles. The Kier molecular flexibility index (Phi) is 2.52. The highest BCUT2D eigenvalue weighted by molar-refractivity contribution is 5.18. The van der Waals surface area contributed by atoms with Gasteiger partial charge in [-0.3, -0.25) is 4.98 Å². The van der Waals surface area contributed by atoms with E-state index in [2.05, 4.69) is 24.1 Å². The number of pyridine rings is 1. The molecule has 3 rings (SSSR count). The maximum atomic E-state index is 6.00. The Balaban J connectivity index is 1.91. The smallest absolute Gasteiger partial charge is 0.106 e. The molecule has 16 heavy (non-hydrogen) atoms. The summed E-state index contributed by atoms with van der Waals surface area (Å²) in [4.78, 5) is 4.43. The number of aromatic nitrogens is 1. The lowest BCUT2D eigenvalue weighted by Gasteiger charge is -2.39. The van der Waals surface area contributed by atoms with Crippen LogP contribution < -0.4 is 0 Å². The van der Waals surface area contributed by atoms with Crippen LogP contribution in [0.1, 0.15) is 31.6 Å². The maximum Gasteiger partial charge on any atom is 0.106 e. The summed E-state index contributed by atoms with van der Waals surface area (Å²) < 4.78 is 6.00. The van der Waals surface area contributed by atoms with Crippen LogP contribution in [-0.4, -0.2) is 11.6 Å². The van der Waals surface area contributed by atoms with Gasteiger partial charge in [-0.05, 0) is 37.8 Å². The highest BCUT2D eigenvalue weighted by Crippen LogP contribution is 2.43. The van der Waals surface area contributed by atoms with Crippen molar-refractivity contribution < 1.29 is 4.74 Å². The largest absolute Gasteiger partial charge is 0.371 e. The standard InChI is InChI=1S/C14H17NO/c1-10-5-6-11-8-12(10)14(16-9-11)13-4-2-3-7-15-13/h2-5,7,11-12,14H,6,8-9H2,1H3/t11-,12+,14-/m0/s1. The molecule has 0 radical (unpaired) electrons. The molecule has 2 aliphatic rings. The number of nitrogens with zero attached hydrogens (tertiary/aromatic N) is 1. The fourth-order valence-electron chi connectivity index (χ4n) is 2.84. The van der Waals surface area contributed by atoms with Crippen LogP contribution in [0.15, 0.2) is 36.0 Å². The number of hydrogen-bond acceptors (Lipinski definition) is 2. The minimum absolute atomic E-state index is 0.175. The van der Waals surface area contributed by atoms with Crippen LogP contribution in [0.2, 0.25) is 0 Å². The van der Waals surface area contributed by atoms with Gasteiger partial charge in [0.2, 0.25) is 0 Å². The zero-order valence-electron chi connectivity index (χ0n) is 9.60. The molecular formula is C14H17NO. The Labute approximate surface area is 96.3 Å². The van der Waals surface area contributed by atoms with Crippen LogP contribution in [0, 0.1) is 11.8 Å². The third-order valence-corrected chi connectivity index (χ3v) is 3.80. The number of allylic oxidation sites excluding steroid dienone is 1. The lowest BCUT2D eigenvalue weighted by atomic mass is 9.76. The molecule has 2 heteroatoms. The van der Waals surface area contributed by atoms with E-state index in [4.69, 9.17) is 4.74 Å². The van der Waals surface area contributed by atoms with Crippen LogP contribution in [0.4, 0.5) is 0 Å². The van der Waals surface area contributed by atoms with E-state index >= 15 is 0 Å². The van der Waals surface area contributed by atoms with Crippen LogP contribution in [0.25, 0.3) is 0 Å². The third-order valence-electron chi connectivity index (χ3n) is 3.80. The van der Waals surface area contributed by atoms with Crippen molar-refractivity contribution in [1.82, 2.24) is 4.98 Å². The molecule has 1 aliphatic carbocycles. The predicted octanol–water partition coefficient (Wildman–Crippen LogP) is 3.13. The van der Waals surface area contributed by atoms with Crippen LogP contribution in [0.3, 0.4) is 0 Å². The van der Waals surface area contributed by atoms with Crippen molar-refractivity contribution in [3.63, 3.8) is 0 Å². The zero-order valence-corrected chi connectivity index (χ0v) is 9.60. The first kappa shape index (κ1) is 10.0. The van der Waals surface area contributed by atoms with Gasteiger partial charge in [0, 0.05) is 12.1 Å². The SMILES string of the molecule is CC1=CC[C@@H]2CO[C@H](c3ccccn3)[C@@H]1C2. The van der Waals surface area contributed by atoms with E-state index in [9.17, 15) is 0 Å². The summed E-state index contributed by atoms with van der Waals surface area (Å²) in [5.74, 6) is 1.27. The van der Waals surface area contributed by atoms with Gasteiger partial charge in [0.05, 0.1) is 12.3 Å². The summed E-state index contributed by atoms with van der Waals surface area (Å²) in [6.45, 7) is 3.12. The van der Waals surface area contributed by atoms with Crippen molar-refractivity contribution >= 4 is 0 Å². The minimum atomic E-state index is 0.175. The minimum Gasteiger partial charge on any atom is -0.371 e. The summed E-state index contributed by atoms with van der Waals surface area (Å²) in [6, 6.07) is 6.07. The highest BCUT2D eigenvalue weighted by atomic mass is 16.5. The van der Waals surface area contributed by atoms with Crippen LogP contribution in [0.5, 0.6) is 0 Å². The highest BCUT2D eigenvalue weighted by Gasteiger charge is 2.35. The van der Waals surface area contributed by atoms with Crippen molar-refractivity contribution in [2.75, 3.05) is 6.61 Å². The number of hydrogen-bond donors (Lipinski definition) is 0. The average Bonchev–Trinajstić information content (AvgIpc) is 2.36. The molecule has 84 valence electrons. The van der Waals surface area contributed by atoms with Gasteiger partial charge in [-0.1, -0.05) is 17.7 Å². The summed E-state index contributed by atoms with van der Waals surface area (Å²) in [6.07, 6.45) is 6.87. The van der Waals surface area contributed by atoms with E-state index in [1.165, 1.54) is 18.4 Å². The Morgan fingerprint density at radius 1 is 1.38 bits per heavy atom. The van der Waals surface area contributed by atoms with E-state index in [-0.39, 0.29) is 6.10 Å². The Hall–Kier alpha value is -1.15. The van der Waals surface area contributed by atoms with Gasteiger partial charge in [-0.25, -0.2) is 0 Å². The molecular weight excluding hydrogens is 198 g/mol. The van der Waals surface area contributed by atoms with E-state index in [1.54, 1.807) is 0 Å². The molecule has 1 aromatic heterocycles. The molecule has 2 bridgehead atoms. The predicted molar refractivity (Wildman–Crippen MR) is 62.9 cm³/mol. The van der Waals surface area contributed by atoms with Crippen molar-refractivity contribution in [3.8, 4) is 0 Å². The summed E-state index contributed by atoms with van der Waals surface area (Å²) >= 11 is 0. The maximum absolute atomic E-state index is 6.00. The van der Waals surface area contributed by atoms with Crippen molar-refractivity contribution in [1.29, 1.82) is 0 Å². The lowest BCUT2D eigenvalue weighted by molar-refractivity contribution is -0.0534. The van der Waals surface area contributed by atoms with Crippen LogP contribution in [-0.2, 0) is 4.74 Å². The normalized spacial score (nSPS) is 33.3. The van der Waals surface area contributed by atoms with E-state index in [0.717, 1.165) is 18.2 Å². The number of rotatable bonds is 1. The van der Waals surface area contributed by atoms with Gasteiger partial charge in [-0.15, -0.1) is 0 Å². The molecule has 0 amide bonds. The van der Waals surface area contributed by atoms with E-state index in [0.29, 0.717) is 5.92 Å². The number of ether oxygens (including phenoxy) is 1. The second-order valence-electron chi connectivity index (χ2n) is 4.90. The molecule has 0 spiro atoms. The molecule has 1 saturated heterocycles. The fourth-order valence-corrected chi connectivity index (χ4v) is 2.84. The summed E-state index contributed by atoms with van der Waals surface area (Å²) in [5.41, 5.74) is 2.56. The summed E-state index contributed by atoms with van der Waals surface area (Å²) in [7, 11) is 0. The Morgan fingerprint density at radius 3 is 3.12 bits per heavy atom. The van der Waals surface area contributed by atoms with Crippen molar-refractivity contribution in [2.45, 2.75) is 25.9 Å². The topological polar surface area (TPSA) is 22.1 Å². The van der Waals surface area contributed by atoms with E-state index in [1.807, 2.05) is 18.3 Å². The quantitative estimate of drug-likeness (QED) is 0.671. The summed E-state index contributed by atoms with van der Waals surface area (Å²) in [5, 5.41) is 0. The van der Waals surface area contributed by atoms with Gasteiger partial charge in [0.25, 0.3) is 0 Å². The zero-order chi connectivity index (χ0) is 11.0. The van der Waals surface area contributed by atoms with Gasteiger partial charge < -0.3 is 4.74 Å². The lowest BCUT2D eigenvalue weighted by Crippen LogP contribution is -2.32. The van der Waals surface area contributed by atoms with Gasteiger partial charge in [0.1, 0.15) is 6.10 Å². The van der Waals surface area contributed by atoms with Crippen molar-refractivity contribution in [3.05, 3.63) is 41.7 Å². The second-order valence-corrected chi connectivity index (χ2v) is 4.90. The van der Waals surface area contributed by atoms with Gasteiger partial charge in [-0.2, -0.15) is 0 Å². The average molecular weight is 215 g/mol. The van der Waals surface area contributed by atoms with Gasteiger partial charge in [0.15, 0.2) is 0 Å². The molecule has 1 fully saturated rings. The first-order valence-corrected chi connectivity index (χ1v) is 6.04. The molecule has 1 aromatic rings.